The van der Waals surface area contributed by atoms with Gasteiger partial charge >= 0.3 is 0 Å². The summed E-state index contributed by atoms with van der Waals surface area (Å²) in [5, 5.41) is 8.64. The van der Waals surface area contributed by atoms with Gasteiger partial charge in [0.05, 0.1) is 6.07 Å². The highest BCUT2D eigenvalue weighted by molar-refractivity contribution is 5.94. The summed E-state index contributed by atoms with van der Waals surface area (Å²) in [5.74, 6) is -0.817. The van der Waals surface area contributed by atoms with Crippen LogP contribution in [0.2, 0.25) is 0 Å². The molecule has 0 fully saturated rings. The van der Waals surface area contributed by atoms with Crippen LogP contribution < -0.4 is 0 Å². The van der Waals surface area contributed by atoms with Gasteiger partial charge in [-0.15, -0.1) is 0 Å². The minimum absolute atomic E-state index is 0.250. The summed E-state index contributed by atoms with van der Waals surface area (Å²) >= 11 is 0. The van der Waals surface area contributed by atoms with Crippen LogP contribution >= 0.6 is 0 Å². The fourth-order valence-corrected chi connectivity index (χ4v) is 1.09. The van der Waals surface area contributed by atoms with E-state index >= 15 is 0 Å². The SMILES string of the molecule is CC(C#N)N(C)C(=O)c1cccc(F)c1. The fraction of sp³-hybridized carbons (Fsp3) is 0.273. The molecule has 15 heavy (non-hydrogen) atoms. The molecule has 78 valence electrons. The molecule has 1 aromatic carbocycles. The van der Waals surface area contributed by atoms with Crippen LogP contribution in [0.1, 0.15) is 17.3 Å². The van der Waals surface area contributed by atoms with Crippen molar-refractivity contribution in [3.63, 3.8) is 0 Å². The van der Waals surface area contributed by atoms with E-state index in [1.54, 1.807) is 6.92 Å². The minimum atomic E-state index is -0.527. The minimum Gasteiger partial charge on any atom is -0.326 e. The molecule has 0 bridgehead atoms. The Hall–Kier alpha value is -1.89. The van der Waals surface area contributed by atoms with Gasteiger partial charge in [0.2, 0.25) is 0 Å². The lowest BCUT2D eigenvalue weighted by Gasteiger charge is -2.19. The number of nitrogens with zero attached hydrogens (tertiary/aromatic N) is 2. The van der Waals surface area contributed by atoms with Gasteiger partial charge in [0.25, 0.3) is 5.91 Å². The Morgan fingerprint density at radius 3 is 2.80 bits per heavy atom. The lowest BCUT2D eigenvalue weighted by atomic mass is 10.2. The topological polar surface area (TPSA) is 44.1 Å². The third-order valence-electron chi connectivity index (χ3n) is 2.16. The van der Waals surface area contributed by atoms with Gasteiger partial charge in [-0.1, -0.05) is 6.07 Å². The van der Waals surface area contributed by atoms with E-state index in [1.165, 1.54) is 30.1 Å². The first-order valence-electron chi connectivity index (χ1n) is 4.48. The molecule has 4 heteroatoms. The summed E-state index contributed by atoms with van der Waals surface area (Å²) in [6, 6.07) is 6.82. The molecule has 0 aliphatic carbocycles. The van der Waals surface area contributed by atoms with Crippen molar-refractivity contribution < 1.29 is 9.18 Å². The van der Waals surface area contributed by atoms with Crippen molar-refractivity contribution in [2.24, 2.45) is 0 Å². The Balaban J connectivity index is 2.91. The van der Waals surface area contributed by atoms with Crippen molar-refractivity contribution in [2.45, 2.75) is 13.0 Å². The Kier molecular flexibility index (Phi) is 3.40. The Labute approximate surface area is 87.7 Å². The van der Waals surface area contributed by atoms with Gasteiger partial charge in [-0.3, -0.25) is 4.79 Å². The van der Waals surface area contributed by atoms with E-state index < -0.39 is 11.9 Å². The highest BCUT2D eigenvalue weighted by Gasteiger charge is 2.16. The van der Waals surface area contributed by atoms with Crippen LogP contribution in [-0.4, -0.2) is 23.9 Å². The predicted molar refractivity (Wildman–Crippen MR) is 53.6 cm³/mol. The smallest absolute Gasteiger partial charge is 0.254 e. The first-order chi connectivity index (χ1) is 7.06. The first-order valence-corrected chi connectivity index (χ1v) is 4.48. The van der Waals surface area contributed by atoms with E-state index in [2.05, 4.69) is 0 Å². The third kappa shape index (κ3) is 2.53. The molecule has 1 aromatic rings. The highest BCUT2D eigenvalue weighted by atomic mass is 19.1. The summed E-state index contributed by atoms with van der Waals surface area (Å²) in [6.45, 7) is 1.61. The Bertz CT molecular complexity index is 411. The van der Waals surface area contributed by atoms with Crippen molar-refractivity contribution >= 4 is 5.91 Å². The molecule has 0 saturated carbocycles. The average molecular weight is 206 g/mol. The van der Waals surface area contributed by atoms with Crippen LogP contribution in [0.15, 0.2) is 24.3 Å². The van der Waals surface area contributed by atoms with Crippen molar-refractivity contribution in [2.75, 3.05) is 7.05 Å². The predicted octanol–water partition coefficient (Wildman–Crippen LogP) is 1.81. The van der Waals surface area contributed by atoms with Crippen molar-refractivity contribution in [3.05, 3.63) is 35.6 Å². The number of carbonyl (C=O) groups is 1. The maximum absolute atomic E-state index is 12.8. The summed E-state index contributed by atoms with van der Waals surface area (Å²) < 4.78 is 12.8. The van der Waals surface area contributed by atoms with Gasteiger partial charge in [-0.05, 0) is 25.1 Å². The number of hydrogen-bond donors (Lipinski definition) is 0. The molecular weight excluding hydrogens is 195 g/mol. The normalized spacial score (nSPS) is 11.6. The van der Waals surface area contributed by atoms with E-state index in [1.807, 2.05) is 6.07 Å². The van der Waals surface area contributed by atoms with Gasteiger partial charge in [-0.2, -0.15) is 5.26 Å². The van der Waals surface area contributed by atoms with Crippen LogP contribution in [0.3, 0.4) is 0 Å². The molecule has 0 aromatic heterocycles. The van der Waals surface area contributed by atoms with Gasteiger partial charge in [0.1, 0.15) is 11.9 Å². The van der Waals surface area contributed by atoms with E-state index in [0.29, 0.717) is 0 Å². The molecule has 1 amide bonds. The Morgan fingerprint density at radius 2 is 2.27 bits per heavy atom. The standard InChI is InChI=1S/C11H11FN2O/c1-8(7-13)14(2)11(15)9-4-3-5-10(12)6-9/h3-6,8H,1-2H3. The molecule has 3 nitrogen and oxygen atoms in total. The van der Waals surface area contributed by atoms with E-state index in [-0.39, 0.29) is 11.5 Å². The number of nitriles is 1. The zero-order valence-electron chi connectivity index (χ0n) is 8.57. The number of carbonyl (C=O) groups excluding carboxylic acids is 1. The van der Waals surface area contributed by atoms with E-state index in [0.717, 1.165) is 6.07 Å². The van der Waals surface area contributed by atoms with Crippen LogP contribution in [0.25, 0.3) is 0 Å². The molecule has 1 atom stereocenters. The zero-order chi connectivity index (χ0) is 11.4. The molecule has 0 spiro atoms. The van der Waals surface area contributed by atoms with Crippen LogP contribution in [0.5, 0.6) is 0 Å². The quantitative estimate of drug-likeness (QED) is 0.740. The first kappa shape index (κ1) is 11.2. The molecule has 1 rings (SSSR count). The molecule has 0 N–H and O–H groups in total. The zero-order valence-corrected chi connectivity index (χ0v) is 8.57. The lowest BCUT2D eigenvalue weighted by Crippen LogP contribution is -2.34. The van der Waals surface area contributed by atoms with Crippen LogP contribution in [-0.2, 0) is 0 Å². The number of rotatable bonds is 2. The molecule has 0 aliphatic heterocycles. The number of hydrogen-bond acceptors (Lipinski definition) is 2. The van der Waals surface area contributed by atoms with Gasteiger partial charge < -0.3 is 4.90 Å². The number of amides is 1. The maximum atomic E-state index is 12.8. The second kappa shape index (κ2) is 4.56. The summed E-state index contributed by atoms with van der Waals surface area (Å²) in [7, 11) is 1.52. The van der Waals surface area contributed by atoms with E-state index in [9.17, 15) is 9.18 Å². The molecule has 0 radical (unpaired) electrons. The summed E-state index contributed by atoms with van der Waals surface area (Å²) in [4.78, 5) is 13.0. The van der Waals surface area contributed by atoms with Crippen molar-refractivity contribution in [3.8, 4) is 6.07 Å². The summed E-state index contributed by atoms with van der Waals surface area (Å²) in [5.41, 5.74) is 0.250. The monoisotopic (exact) mass is 206 g/mol. The lowest BCUT2D eigenvalue weighted by molar-refractivity contribution is 0.0772. The maximum Gasteiger partial charge on any atom is 0.254 e. The number of halogens is 1. The largest absolute Gasteiger partial charge is 0.326 e. The summed E-state index contributed by atoms with van der Waals surface area (Å²) in [6.07, 6.45) is 0. The molecular formula is C11H11FN2O. The van der Waals surface area contributed by atoms with Crippen molar-refractivity contribution in [1.82, 2.24) is 4.90 Å². The van der Waals surface area contributed by atoms with Gasteiger partial charge in [-0.25, -0.2) is 4.39 Å². The van der Waals surface area contributed by atoms with E-state index in [4.69, 9.17) is 5.26 Å². The van der Waals surface area contributed by atoms with Crippen LogP contribution in [0.4, 0.5) is 4.39 Å². The highest BCUT2D eigenvalue weighted by Crippen LogP contribution is 2.08. The van der Waals surface area contributed by atoms with Gasteiger partial charge in [0.15, 0.2) is 0 Å². The van der Waals surface area contributed by atoms with Crippen molar-refractivity contribution in [1.29, 1.82) is 5.26 Å². The average Bonchev–Trinajstić information content (AvgIpc) is 2.26. The molecule has 1 unspecified atom stereocenters. The fourth-order valence-electron chi connectivity index (χ4n) is 1.09. The van der Waals surface area contributed by atoms with Gasteiger partial charge in [0, 0.05) is 12.6 Å². The second-order valence-corrected chi connectivity index (χ2v) is 3.23. The molecule has 0 aliphatic rings. The Morgan fingerprint density at radius 1 is 1.60 bits per heavy atom. The third-order valence-corrected chi connectivity index (χ3v) is 2.16. The number of benzene rings is 1. The molecule has 0 saturated heterocycles. The molecule has 0 heterocycles. The van der Waals surface area contributed by atoms with Crippen LogP contribution in [0, 0.1) is 17.1 Å². The second-order valence-electron chi connectivity index (χ2n) is 3.23.